The third-order valence-corrected chi connectivity index (χ3v) is 10.2. The summed E-state index contributed by atoms with van der Waals surface area (Å²) in [7, 11) is 0. The Morgan fingerprint density at radius 2 is 1.62 bits per heavy atom. The van der Waals surface area contributed by atoms with Crippen LogP contribution in [0.1, 0.15) is 59.2 Å². The Bertz CT molecular complexity index is 1930. The summed E-state index contributed by atoms with van der Waals surface area (Å²) in [5.41, 5.74) is 7.39. The molecule has 278 valence electrons. The number of benzene rings is 2. The smallest absolute Gasteiger partial charge is 0.266 e. The molecule has 53 heavy (non-hydrogen) atoms. The summed E-state index contributed by atoms with van der Waals surface area (Å²) < 4.78 is 22.9. The summed E-state index contributed by atoms with van der Waals surface area (Å²) in [6.45, 7) is 2.17. The quantitative estimate of drug-likeness (QED) is 0.116. The van der Waals surface area contributed by atoms with Crippen molar-refractivity contribution in [3.05, 3.63) is 59.7 Å². The van der Waals surface area contributed by atoms with E-state index in [0.717, 1.165) is 24.2 Å². The Hall–Kier alpha value is -5.61. The molecule has 2 bridgehead atoms. The standard InChI is InChI=1S/C37H40N6O10/c38-32-28(16-24(41-42-32)22-4-1-2-6-26(22)44)53-21-37-17-36(18-37,19-37)20-39-29(45)10-11-50-12-13-51-14-15-52-27-7-3-5-23-31(27)35(49)43(34(23)48)25-8-9-30(46)40-33(25)47/h1-7,16,25,44H,8-15,17-21H2,(H2,38,42)(H,39,45)(H,40,46,47). The minimum atomic E-state index is -1.05. The number of carbonyl (C=O) groups is 5. The Balaban J connectivity index is 0.743. The SMILES string of the molecule is Nc1nnc(-c2ccccc2O)cc1OCC12CC(CNC(=O)CCOCCOCCOc3cccc4c3C(=O)N(C3CCC(=O)NC3=O)C4=O)(C1)C2. The van der Waals surface area contributed by atoms with Crippen LogP contribution in [0.25, 0.3) is 11.3 Å². The van der Waals surface area contributed by atoms with E-state index in [1.807, 2.05) is 0 Å². The van der Waals surface area contributed by atoms with Gasteiger partial charge in [0.05, 0.1) is 44.2 Å². The van der Waals surface area contributed by atoms with E-state index in [2.05, 4.69) is 20.8 Å². The zero-order valence-electron chi connectivity index (χ0n) is 28.9. The maximum atomic E-state index is 13.2. The number of hydrogen-bond acceptors (Lipinski definition) is 13. The molecule has 3 saturated carbocycles. The van der Waals surface area contributed by atoms with Crippen LogP contribution in [0, 0.1) is 10.8 Å². The van der Waals surface area contributed by atoms with Gasteiger partial charge in [0, 0.05) is 36.4 Å². The molecular weight excluding hydrogens is 688 g/mol. The number of para-hydroxylation sites is 1. The lowest BCUT2D eigenvalue weighted by molar-refractivity contribution is -0.215. The first-order chi connectivity index (χ1) is 25.6. The lowest BCUT2D eigenvalue weighted by atomic mass is 9.35. The van der Waals surface area contributed by atoms with Crippen molar-refractivity contribution in [1.29, 1.82) is 0 Å². The second-order valence-corrected chi connectivity index (χ2v) is 14.0. The number of nitrogens with two attached hydrogens (primary N) is 1. The van der Waals surface area contributed by atoms with E-state index in [-0.39, 0.29) is 97.5 Å². The molecular formula is C37H40N6O10. The summed E-state index contributed by atoms with van der Waals surface area (Å²) in [5.74, 6) is -1.52. The summed E-state index contributed by atoms with van der Waals surface area (Å²) in [4.78, 5) is 63.3. The second kappa shape index (κ2) is 14.8. The van der Waals surface area contributed by atoms with Gasteiger partial charge in [0.25, 0.3) is 11.8 Å². The number of nitrogen functional groups attached to an aromatic ring is 1. The number of phenolic OH excluding ortho intramolecular Hbond substituents is 1. The van der Waals surface area contributed by atoms with Gasteiger partial charge < -0.3 is 35.1 Å². The minimum absolute atomic E-state index is 0.0381. The van der Waals surface area contributed by atoms with Gasteiger partial charge in [-0.2, -0.15) is 0 Å². The highest BCUT2D eigenvalue weighted by molar-refractivity contribution is 6.24. The fourth-order valence-electron chi connectivity index (χ4n) is 7.80. The Morgan fingerprint density at radius 1 is 0.887 bits per heavy atom. The fourth-order valence-corrected chi connectivity index (χ4v) is 7.80. The predicted molar refractivity (Wildman–Crippen MR) is 186 cm³/mol. The number of phenols is 1. The van der Waals surface area contributed by atoms with Crippen molar-refractivity contribution in [2.75, 3.05) is 51.9 Å². The van der Waals surface area contributed by atoms with Gasteiger partial charge in [-0.05, 0) is 55.4 Å². The van der Waals surface area contributed by atoms with Gasteiger partial charge in [0.1, 0.15) is 29.8 Å². The molecule has 1 unspecified atom stereocenters. The average molecular weight is 729 g/mol. The van der Waals surface area contributed by atoms with Gasteiger partial charge >= 0.3 is 0 Å². The summed E-state index contributed by atoms with van der Waals surface area (Å²) in [6.07, 6.45) is 3.18. The molecule has 0 spiro atoms. The van der Waals surface area contributed by atoms with Crippen LogP contribution in [0.4, 0.5) is 5.82 Å². The number of aromatic hydroxyl groups is 1. The number of anilines is 1. The van der Waals surface area contributed by atoms with Gasteiger partial charge in [-0.1, -0.05) is 18.2 Å². The zero-order chi connectivity index (χ0) is 37.2. The Morgan fingerprint density at radius 3 is 2.40 bits per heavy atom. The molecule has 2 aliphatic heterocycles. The molecule has 5 amide bonds. The third-order valence-electron chi connectivity index (χ3n) is 10.2. The predicted octanol–water partition coefficient (Wildman–Crippen LogP) is 2.00. The van der Waals surface area contributed by atoms with Crippen LogP contribution >= 0.6 is 0 Å². The minimum Gasteiger partial charge on any atom is -0.507 e. The summed E-state index contributed by atoms with van der Waals surface area (Å²) >= 11 is 0. The van der Waals surface area contributed by atoms with E-state index in [1.54, 1.807) is 42.5 Å². The van der Waals surface area contributed by atoms with Crippen molar-refractivity contribution < 1.29 is 48.0 Å². The first-order valence-electron chi connectivity index (χ1n) is 17.5. The number of piperidine rings is 1. The van der Waals surface area contributed by atoms with E-state index in [1.165, 1.54) is 6.07 Å². The second-order valence-electron chi connectivity index (χ2n) is 14.0. The van der Waals surface area contributed by atoms with Gasteiger partial charge in [-0.15, -0.1) is 10.2 Å². The van der Waals surface area contributed by atoms with Crippen LogP contribution in [0.15, 0.2) is 48.5 Å². The zero-order valence-corrected chi connectivity index (χ0v) is 28.9. The fraction of sp³-hybridized carbons (Fsp3) is 0.432. The van der Waals surface area contributed by atoms with Crippen LogP contribution in [0.3, 0.4) is 0 Å². The maximum Gasteiger partial charge on any atom is 0.266 e. The molecule has 1 saturated heterocycles. The number of carbonyl (C=O) groups excluding carboxylic acids is 5. The molecule has 5 aliphatic rings. The highest BCUT2D eigenvalue weighted by Crippen LogP contribution is 2.73. The molecule has 3 aliphatic carbocycles. The summed E-state index contributed by atoms with van der Waals surface area (Å²) in [5, 5.41) is 23.4. The van der Waals surface area contributed by atoms with Crippen molar-refractivity contribution in [3.8, 4) is 28.5 Å². The van der Waals surface area contributed by atoms with Crippen molar-refractivity contribution in [2.45, 2.75) is 44.6 Å². The highest BCUT2D eigenvalue weighted by Gasteiger charge is 2.67. The van der Waals surface area contributed by atoms with Crippen LogP contribution in [0.5, 0.6) is 17.2 Å². The van der Waals surface area contributed by atoms with Crippen molar-refractivity contribution in [3.63, 3.8) is 0 Å². The molecule has 3 aromatic rings. The molecule has 16 heteroatoms. The normalized spacial score (nSPS) is 22.8. The number of nitrogens with zero attached hydrogens (tertiary/aromatic N) is 3. The molecule has 2 aromatic carbocycles. The molecule has 1 atom stereocenters. The van der Waals surface area contributed by atoms with E-state index < -0.39 is 29.7 Å². The van der Waals surface area contributed by atoms with Crippen LogP contribution in [-0.4, -0.2) is 102 Å². The van der Waals surface area contributed by atoms with Gasteiger partial charge in [0.15, 0.2) is 11.6 Å². The number of rotatable bonds is 17. The molecule has 4 fully saturated rings. The molecule has 16 nitrogen and oxygen atoms in total. The number of aromatic nitrogens is 2. The lowest BCUT2D eigenvalue weighted by Gasteiger charge is -2.70. The van der Waals surface area contributed by atoms with E-state index in [9.17, 15) is 29.1 Å². The lowest BCUT2D eigenvalue weighted by Crippen LogP contribution is -2.67. The average Bonchev–Trinajstić information content (AvgIpc) is 3.36. The number of ether oxygens (including phenoxy) is 4. The van der Waals surface area contributed by atoms with Crippen LogP contribution < -0.4 is 25.8 Å². The Kier molecular flexibility index (Phi) is 9.98. The largest absolute Gasteiger partial charge is 0.507 e. The number of fused-ring (bicyclic) bond motifs is 1. The number of hydrogen-bond donors (Lipinski definition) is 4. The highest BCUT2D eigenvalue weighted by atomic mass is 16.5. The molecule has 5 N–H and O–H groups in total. The van der Waals surface area contributed by atoms with Gasteiger partial charge in [-0.3, -0.25) is 34.2 Å². The maximum absolute atomic E-state index is 13.2. The van der Waals surface area contributed by atoms with E-state index in [4.69, 9.17) is 24.7 Å². The van der Waals surface area contributed by atoms with Crippen molar-refractivity contribution >= 4 is 35.4 Å². The topological polar surface area (TPSA) is 222 Å². The molecule has 0 radical (unpaired) electrons. The van der Waals surface area contributed by atoms with Gasteiger partial charge in [0.2, 0.25) is 17.7 Å². The molecule has 3 heterocycles. The van der Waals surface area contributed by atoms with Crippen LogP contribution in [-0.2, 0) is 23.9 Å². The first-order valence-corrected chi connectivity index (χ1v) is 17.5. The van der Waals surface area contributed by atoms with Gasteiger partial charge in [-0.25, -0.2) is 0 Å². The Labute approximate surface area is 304 Å². The first kappa shape index (κ1) is 35.8. The van der Waals surface area contributed by atoms with Crippen LogP contribution in [0.2, 0.25) is 0 Å². The molecule has 8 rings (SSSR count). The number of amides is 5. The monoisotopic (exact) mass is 728 g/mol. The van der Waals surface area contributed by atoms with Crippen molar-refractivity contribution in [2.24, 2.45) is 10.8 Å². The van der Waals surface area contributed by atoms with E-state index in [0.29, 0.717) is 30.2 Å². The van der Waals surface area contributed by atoms with E-state index >= 15 is 0 Å². The number of nitrogens with one attached hydrogen (secondary N) is 2. The summed E-state index contributed by atoms with van der Waals surface area (Å²) in [6, 6.07) is 12.2. The number of imide groups is 2. The molecule has 1 aromatic heterocycles. The third kappa shape index (κ3) is 7.37. The van der Waals surface area contributed by atoms with Crippen molar-refractivity contribution in [1.82, 2.24) is 25.7 Å².